The first-order valence-corrected chi connectivity index (χ1v) is 11.3. The van der Waals surface area contributed by atoms with Crippen LogP contribution in [0.1, 0.15) is 50.6 Å². The normalized spacial score (nSPS) is 15.9. The fraction of sp³-hybridized carbons (Fsp3) is 0.417. The molecule has 4 rings (SSSR count). The molecule has 0 saturated heterocycles. The molecule has 1 atom stereocenters. The molecule has 7 nitrogen and oxygen atoms in total. The Bertz CT molecular complexity index is 1150. The van der Waals surface area contributed by atoms with E-state index < -0.39 is 29.7 Å². The van der Waals surface area contributed by atoms with Gasteiger partial charge < -0.3 is 14.6 Å². The van der Waals surface area contributed by atoms with Gasteiger partial charge in [-0.2, -0.15) is 8.78 Å². The summed E-state index contributed by atoms with van der Waals surface area (Å²) in [6.45, 7) is 0.895. The molecule has 0 spiro atoms. The minimum atomic E-state index is -2.90. The summed E-state index contributed by atoms with van der Waals surface area (Å²) in [4.78, 5) is 18.7. The second kappa shape index (κ2) is 10.5. The van der Waals surface area contributed by atoms with Crippen molar-refractivity contribution in [1.82, 2.24) is 20.5 Å². The van der Waals surface area contributed by atoms with E-state index in [0.29, 0.717) is 11.3 Å². The first-order chi connectivity index (χ1) is 16.7. The van der Waals surface area contributed by atoms with Crippen LogP contribution >= 0.6 is 0 Å². The monoisotopic (exact) mass is 491 g/mol. The molecule has 1 amide bonds. The zero-order chi connectivity index (χ0) is 25.0. The molecule has 186 valence electrons. The number of hydrogen-bond acceptors (Lipinski definition) is 6. The molecule has 2 heterocycles. The summed E-state index contributed by atoms with van der Waals surface area (Å²) in [6.07, 6.45) is 2.44. The number of rotatable bonds is 9. The highest BCUT2D eigenvalue weighted by atomic mass is 19.3. The second-order valence-corrected chi connectivity index (χ2v) is 8.72. The summed E-state index contributed by atoms with van der Waals surface area (Å²) in [5.74, 6) is -2.34. The van der Waals surface area contributed by atoms with Gasteiger partial charge in [0.25, 0.3) is 11.8 Å². The third kappa shape index (κ3) is 6.02. The lowest BCUT2D eigenvalue weighted by molar-refractivity contribution is -0.129. The van der Waals surface area contributed by atoms with Crippen LogP contribution in [-0.2, 0) is 11.3 Å². The predicted molar refractivity (Wildman–Crippen MR) is 120 cm³/mol. The van der Waals surface area contributed by atoms with E-state index in [1.54, 1.807) is 0 Å². The third-order valence-electron chi connectivity index (χ3n) is 5.91. The van der Waals surface area contributed by atoms with Crippen molar-refractivity contribution in [3.05, 3.63) is 60.0 Å². The maximum Gasteiger partial charge on any atom is 0.314 e. The summed E-state index contributed by atoms with van der Waals surface area (Å²) in [5, 5.41) is 9.98. The van der Waals surface area contributed by atoms with Crippen molar-refractivity contribution in [2.24, 2.45) is 0 Å². The van der Waals surface area contributed by atoms with Crippen molar-refractivity contribution in [1.29, 1.82) is 0 Å². The maximum absolute atomic E-state index is 15.6. The number of hydrogen-bond donors (Lipinski definition) is 1. The van der Waals surface area contributed by atoms with Gasteiger partial charge in [0.1, 0.15) is 5.82 Å². The first-order valence-electron chi connectivity index (χ1n) is 11.3. The van der Waals surface area contributed by atoms with Gasteiger partial charge in [-0.3, -0.25) is 9.78 Å². The van der Waals surface area contributed by atoms with Gasteiger partial charge in [0, 0.05) is 24.5 Å². The average molecular weight is 491 g/mol. The van der Waals surface area contributed by atoms with Gasteiger partial charge in [0.15, 0.2) is 5.67 Å². The standard InChI is InChI=1S/C24H25F4N5O2/c1-24(28,14-30-17-6-2-3-7-17)23(34)33(19-8-4-5-16(25)11-19)13-18-10-9-15(12-29-18)21-31-32-22(35-21)20(26)27/h4-5,8-12,17,20,30H,2-3,6-7,13-14H2,1H3. The number of pyridine rings is 1. The molecule has 11 heteroatoms. The Kier molecular flexibility index (Phi) is 7.44. The lowest BCUT2D eigenvalue weighted by atomic mass is 10.0. The number of nitrogens with zero attached hydrogens (tertiary/aromatic N) is 4. The van der Waals surface area contributed by atoms with Crippen LogP contribution in [0.4, 0.5) is 23.2 Å². The van der Waals surface area contributed by atoms with Gasteiger partial charge in [-0.15, -0.1) is 10.2 Å². The molecule has 1 N–H and O–H groups in total. The molecule has 3 aromatic rings. The quantitative estimate of drug-likeness (QED) is 0.424. The van der Waals surface area contributed by atoms with Crippen LogP contribution in [0.5, 0.6) is 0 Å². The lowest BCUT2D eigenvalue weighted by Gasteiger charge is -2.30. The minimum Gasteiger partial charge on any atom is -0.415 e. The van der Waals surface area contributed by atoms with Gasteiger partial charge in [-0.25, -0.2) is 8.78 Å². The number of carbonyl (C=O) groups excluding carboxylic acids is 1. The third-order valence-corrected chi connectivity index (χ3v) is 5.91. The summed E-state index contributed by atoms with van der Waals surface area (Å²) >= 11 is 0. The highest BCUT2D eigenvalue weighted by Crippen LogP contribution is 2.26. The van der Waals surface area contributed by atoms with Gasteiger partial charge in [-0.1, -0.05) is 18.9 Å². The molecule has 0 aliphatic heterocycles. The van der Waals surface area contributed by atoms with Crippen LogP contribution in [0.15, 0.2) is 47.0 Å². The van der Waals surface area contributed by atoms with Crippen molar-refractivity contribution in [3.8, 4) is 11.5 Å². The Morgan fingerprint density at radius 3 is 2.63 bits per heavy atom. The van der Waals surface area contributed by atoms with Gasteiger partial charge >= 0.3 is 6.43 Å². The molecule has 1 unspecified atom stereocenters. The fourth-order valence-corrected chi connectivity index (χ4v) is 3.99. The Morgan fingerprint density at radius 1 is 1.23 bits per heavy atom. The van der Waals surface area contributed by atoms with E-state index in [4.69, 9.17) is 4.42 Å². The van der Waals surface area contributed by atoms with E-state index >= 15 is 4.39 Å². The number of amides is 1. The molecule has 1 saturated carbocycles. The average Bonchev–Trinajstić information content (AvgIpc) is 3.54. The zero-order valence-corrected chi connectivity index (χ0v) is 19.1. The molecule has 2 aromatic heterocycles. The number of halogens is 4. The Balaban J connectivity index is 1.54. The van der Waals surface area contributed by atoms with E-state index in [9.17, 15) is 18.0 Å². The van der Waals surface area contributed by atoms with Crippen LogP contribution in [-0.4, -0.2) is 39.3 Å². The van der Waals surface area contributed by atoms with Crippen LogP contribution in [0.25, 0.3) is 11.5 Å². The summed E-state index contributed by atoms with van der Waals surface area (Å²) in [7, 11) is 0. The van der Waals surface area contributed by atoms with E-state index in [-0.39, 0.29) is 30.7 Å². The van der Waals surface area contributed by atoms with Crippen molar-refractivity contribution < 1.29 is 26.8 Å². The number of carbonyl (C=O) groups is 1. The smallest absolute Gasteiger partial charge is 0.314 e. The summed E-state index contributed by atoms with van der Waals surface area (Å²) < 4.78 is 59.8. The summed E-state index contributed by atoms with van der Waals surface area (Å²) in [5.41, 5.74) is -1.40. The lowest BCUT2D eigenvalue weighted by Crippen LogP contribution is -2.51. The predicted octanol–water partition coefficient (Wildman–Crippen LogP) is 5.00. The van der Waals surface area contributed by atoms with Crippen molar-refractivity contribution in [2.75, 3.05) is 11.4 Å². The largest absolute Gasteiger partial charge is 0.415 e. The number of aromatic nitrogens is 3. The molecule has 0 bridgehead atoms. The van der Waals surface area contributed by atoms with Crippen LogP contribution in [0.2, 0.25) is 0 Å². The first kappa shape index (κ1) is 24.8. The molecule has 0 radical (unpaired) electrons. The zero-order valence-electron chi connectivity index (χ0n) is 19.1. The number of anilines is 1. The minimum absolute atomic E-state index is 0.133. The molecule has 35 heavy (non-hydrogen) atoms. The number of alkyl halides is 3. The van der Waals surface area contributed by atoms with Crippen molar-refractivity contribution in [2.45, 2.75) is 57.3 Å². The van der Waals surface area contributed by atoms with Gasteiger partial charge in [-0.05, 0) is 50.1 Å². The van der Waals surface area contributed by atoms with E-state index in [1.807, 2.05) is 0 Å². The van der Waals surface area contributed by atoms with Crippen LogP contribution in [0, 0.1) is 5.82 Å². The van der Waals surface area contributed by atoms with Crippen molar-refractivity contribution in [3.63, 3.8) is 0 Å². The maximum atomic E-state index is 15.6. The topological polar surface area (TPSA) is 84.2 Å². The van der Waals surface area contributed by atoms with Crippen LogP contribution < -0.4 is 10.2 Å². The van der Waals surface area contributed by atoms with Crippen molar-refractivity contribution >= 4 is 11.6 Å². The highest BCUT2D eigenvalue weighted by molar-refractivity contribution is 5.99. The molecular weight excluding hydrogens is 466 g/mol. The Morgan fingerprint density at radius 2 is 2.00 bits per heavy atom. The number of nitrogens with one attached hydrogen (secondary N) is 1. The molecular formula is C24H25F4N5O2. The highest BCUT2D eigenvalue weighted by Gasteiger charge is 2.38. The Labute approximate surface area is 199 Å². The molecule has 1 fully saturated rings. The second-order valence-electron chi connectivity index (χ2n) is 8.72. The van der Waals surface area contributed by atoms with E-state index in [2.05, 4.69) is 20.5 Å². The van der Waals surface area contributed by atoms with Crippen LogP contribution in [0.3, 0.4) is 0 Å². The molecule has 1 aromatic carbocycles. The molecule has 1 aliphatic rings. The van der Waals surface area contributed by atoms with E-state index in [0.717, 1.165) is 36.6 Å². The van der Waals surface area contributed by atoms with Gasteiger partial charge in [0.05, 0.1) is 17.8 Å². The summed E-state index contributed by atoms with van der Waals surface area (Å²) in [6, 6.07) is 8.53. The molecule has 1 aliphatic carbocycles. The SMILES string of the molecule is CC(F)(CNC1CCCC1)C(=O)N(Cc1ccc(-c2nnc(C(F)F)o2)cn1)c1cccc(F)c1. The number of benzene rings is 1. The van der Waals surface area contributed by atoms with E-state index in [1.165, 1.54) is 43.5 Å². The fourth-order valence-electron chi connectivity index (χ4n) is 3.99. The Hall–Kier alpha value is -3.34. The van der Waals surface area contributed by atoms with Gasteiger partial charge in [0.2, 0.25) is 5.89 Å².